The van der Waals surface area contributed by atoms with Crippen LogP contribution in [0, 0.1) is 0 Å². The number of aliphatic hydroxyl groups excluding tert-OH is 1. The molecule has 3 aromatic rings. The first-order chi connectivity index (χ1) is 10.7. The summed E-state index contributed by atoms with van der Waals surface area (Å²) >= 11 is 0. The van der Waals surface area contributed by atoms with E-state index in [0.717, 1.165) is 22.9 Å². The predicted octanol–water partition coefficient (Wildman–Crippen LogP) is 1.15. The maximum atomic E-state index is 9.22. The first-order valence-electron chi connectivity index (χ1n) is 7.05. The maximum absolute atomic E-state index is 9.22. The van der Waals surface area contributed by atoms with Crippen molar-refractivity contribution in [3.05, 3.63) is 24.9 Å². The van der Waals surface area contributed by atoms with E-state index < -0.39 is 0 Å². The van der Waals surface area contributed by atoms with Crippen LogP contribution in [0.25, 0.3) is 22.2 Å². The summed E-state index contributed by atoms with van der Waals surface area (Å²) in [6.07, 6.45) is 7.38. The molecule has 0 aliphatic heterocycles. The van der Waals surface area contributed by atoms with Gasteiger partial charge in [-0.3, -0.25) is 5.10 Å². The number of H-pyrrole nitrogens is 1. The van der Waals surface area contributed by atoms with Gasteiger partial charge >= 0.3 is 0 Å². The van der Waals surface area contributed by atoms with Gasteiger partial charge in [-0.25, -0.2) is 9.97 Å². The van der Waals surface area contributed by atoms with Crippen molar-refractivity contribution in [3.63, 3.8) is 0 Å². The largest absolute Gasteiger partial charge is 0.394 e. The van der Waals surface area contributed by atoms with E-state index in [2.05, 4.69) is 20.2 Å². The van der Waals surface area contributed by atoms with Crippen LogP contribution in [-0.4, -0.2) is 42.5 Å². The topological polar surface area (TPSA) is 115 Å². The van der Waals surface area contributed by atoms with Gasteiger partial charge in [0.05, 0.1) is 24.3 Å². The predicted molar refractivity (Wildman–Crippen MR) is 81.8 cm³/mol. The van der Waals surface area contributed by atoms with E-state index in [4.69, 9.17) is 10.5 Å². The van der Waals surface area contributed by atoms with Crippen molar-refractivity contribution < 1.29 is 9.84 Å². The zero-order valence-electron chi connectivity index (χ0n) is 12.2. The summed E-state index contributed by atoms with van der Waals surface area (Å²) in [6.45, 7) is 2.23. The average molecular weight is 302 g/mol. The van der Waals surface area contributed by atoms with Gasteiger partial charge in [-0.15, -0.1) is 0 Å². The molecule has 0 bridgehead atoms. The standard InChI is InChI=1S/C14H18N6O2/c1-2-10(6-21)22-8-20-5-11(9-3-18-19-4-9)12-13(15)16-7-17-14(12)20/h3-5,7,10,21H,2,6,8H2,1H3,(H,18,19)(H2,15,16,17). The van der Waals surface area contributed by atoms with E-state index >= 15 is 0 Å². The van der Waals surface area contributed by atoms with Crippen molar-refractivity contribution in [1.82, 2.24) is 24.7 Å². The molecule has 0 amide bonds. The molecule has 8 heteroatoms. The van der Waals surface area contributed by atoms with Gasteiger partial charge in [0.2, 0.25) is 0 Å². The highest BCUT2D eigenvalue weighted by molar-refractivity contribution is 6.00. The summed E-state index contributed by atoms with van der Waals surface area (Å²) in [5.74, 6) is 0.411. The second-order valence-corrected chi connectivity index (χ2v) is 4.97. The number of rotatable bonds is 6. The Hall–Kier alpha value is -2.45. The molecule has 4 N–H and O–H groups in total. The maximum Gasteiger partial charge on any atom is 0.148 e. The minimum atomic E-state index is -0.200. The van der Waals surface area contributed by atoms with Crippen LogP contribution >= 0.6 is 0 Å². The Labute approximate surface area is 126 Å². The number of hydrogen-bond donors (Lipinski definition) is 3. The number of nitrogens with zero attached hydrogens (tertiary/aromatic N) is 4. The normalized spacial score (nSPS) is 12.8. The van der Waals surface area contributed by atoms with Gasteiger partial charge < -0.3 is 20.1 Å². The molecule has 1 unspecified atom stereocenters. The fourth-order valence-corrected chi connectivity index (χ4v) is 2.35. The summed E-state index contributed by atoms with van der Waals surface area (Å²) in [6, 6.07) is 0. The van der Waals surface area contributed by atoms with E-state index in [9.17, 15) is 5.11 Å². The molecule has 3 rings (SSSR count). The molecular weight excluding hydrogens is 284 g/mol. The van der Waals surface area contributed by atoms with Gasteiger partial charge in [0.25, 0.3) is 0 Å². The Kier molecular flexibility index (Phi) is 4.03. The van der Waals surface area contributed by atoms with Crippen LogP contribution in [0.2, 0.25) is 0 Å². The molecule has 0 aromatic carbocycles. The fourth-order valence-electron chi connectivity index (χ4n) is 2.35. The van der Waals surface area contributed by atoms with E-state index in [1.54, 1.807) is 12.4 Å². The van der Waals surface area contributed by atoms with Crippen molar-refractivity contribution >= 4 is 16.9 Å². The van der Waals surface area contributed by atoms with Crippen molar-refractivity contribution in [2.45, 2.75) is 26.2 Å². The molecule has 0 saturated carbocycles. The molecule has 3 aromatic heterocycles. The highest BCUT2D eigenvalue weighted by Gasteiger charge is 2.16. The van der Waals surface area contributed by atoms with Crippen molar-refractivity contribution in [1.29, 1.82) is 0 Å². The molecule has 1 atom stereocenters. The molecular formula is C14H18N6O2. The minimum absolute atomic E-state index is 0.0125. The van der Waals surface area contributed by atoms with Crippen LogP contribution in [0.3, 0.4) is 0 Å². The minimum Gasteiger partial charge on any atom is -0.394 e. The molecule has 0 spiro atoms. The van der Waals surface area contributed by atoms with Crippen LogP contribution in [0.15, 0.2) is 24.9 Å². The molecule has 116 valence electrons. The third kappa shape index (κ3) is 2.53. The second kappa shape index (κ2) is 6.12. The highest BCUT2D eigenvalue weighted by Crippen LogP contribution is 2.31. The van der Waals surface area contributed by atoms with Crippen LogP contribution in [0.5, 0.6) is 0 Å². The average Bonchev–Trinajstić information content (AvgIpc) is 3.16. The molecule has 8 nitrogen and oxygen atoms in total. The molecule has 0 aliphatic carbocycles. The first-order valence-corrected chi connectivity index (χ1v) is 7.05. The lowest BCUT2D eigenvalue weighted by atomic mass is 10.1. The third-order valence-corrected chi connectivity index (χ3v) is 3.60. The smallest absolute Gasteiger partial charge is 0.148 e. The summed E-state index contributed by atoms with van der Waals surface area (Å²) in [4.78, 5) is 8.36. The number of hydrogen-bond acceptors (Lipinski definition) is 6. The Balaban J connectivity index is 2.02. The molecule has 3 heterocycles. The number of aromatic nitrogens is 5. The van der Waals surface area contributed by atoms with Gasteiger partial charge in [0.1, 0.15) is 24.5 Å². The number of ether oxygens (including phenoxy) is 1. The molecule has 22 heavy (non-hydrogen) atoms. The van der Waals surface area contributed by atoms with Gasteiger partial charge in [-0.2, -0.15) is 5.10 Å². The van der Waals surface area contributed by atoms with E-state index in [0.29, 0.717) is 11.5 Å². The lowest BCUT2D eigenvalue weighted by Crippen LogP contribution is -2.18. The summed E-state index contributed by atoms with van der Waals surface area (Å²) in [5.41, 5.74) is 8.49. The Morgan fingerprint density at radius 3 is 3.00 bits per heavy atom. The van der Waals surface area contributed by atoms with Crippen molar-refractivity contribution in [2.75, 3.05) is 12.3 Å². The number of anilines is 1. The zero-order valence-corrected chi connectivity index (χ0v) is 12.2. The Morgan fingerprint density at radius 2 is 2.32 bits per heavy atom. The van der Waals surface area contributed by atoms with Gasteiger partial charge in [0.15, 0.2) is 0 Å². The summed E-state index contributed by atoms with van der Waals surface area (Å²) in [7, 11) is 0. The zero-order chi connectivity index (χ0) is 15.5. The van der Waals surface area contributed by atoms with Crippen molar-refractivity contribution in [2.24, 2.45) is 0 Å². The highest BCUT2D eigenvalue weighted by atomic mass is 16.5. The van der Waals surface area contributed by atoms with Gasteiger partial charge in [-0.05, 0) is 6.42 Å². The quantitative estimate of drug-likeness (QED) is 0.629. The Morgan fingerprint density at radius 1 is 1.45 bits per heavy atom. The summed E-state index contributed by atoms with van der Waals surface area (Å²) < 4.78 is 7.55. The van der Waals surface area contributed by atoms with Gasteiger partial charge in [0, 0.05) is 23.5 Å². The third-order valence-electron chi connectivity index (χ3n) is 3.60. The number of aromatic amines is 1. The van der Waals surface area contributed by atoms with E-state index in [1.807, 2.05) is 17.7 Å². The summed E-state index contributed by atoms with van der Waals surface area (Å²) in [5, 5.41) is 16.7. The monoisotopic (exact) mass is 302 g/mol. The lowest BCUT2D eigenvalue weighted by molar-refractivity contribution is -0.0236. The van der Waals surface area contributed by atoms with Crippen LogP contribution < -0.4 is 5.73 Å². The number of nitrogens with one attached hydrogen (secondary N) is 1. The first kappa shape index (κ1) is 14.5. The molecule has 0 radical (unpaired) electrons. The van der Waals surface area contributed by atoms with E-state index in [-0.39, 0.29) is 19.4 Å². The lowest BCUT2D eigenvalue weighted by Gasteiger charge is -2.13. The SMILES string of the molecule is CCC(CO)OCn1cc(-c2cn[nH]c2)c2c(N)ncnc21. The van der Waals surface area contributed by atoms with Gasteiger partial charge in [-0.1, -0.05) is 6.92 Å². The Bertz CT molecular complexity index is 748. The van der Waals surface area contributed by atoms with Crippen LogP contribution in [0.1, 0.15) is 13.3 Å². The second-order valence-electron chi connectivity index (χ2n) is 4.97. The number of aliphatic hydroxyl groups is 1. The van der Waals surface area contributed by atoms with E-state index in [1.165, 1.54) is 6.33 Å². The van der Waals surface area contributed by atoms with Crippen molar-refractivity contribution in [3.8, 4) is 11.1 Å². The fraction of sp³-hybridized carbons (Fsp3) is 0.357. The molecule has 0 fully saturated rings. The number of nitrogens with two attached hydrogens (primary N) is 1. The van der Waals surface area contributed by atoms with Crippen LogP contribution in [0.4, 0.5) is 5.82 Å². The van der Waals surface area contributed by atoms with Crippen LogP contribution in [-0.2, 0) is 11.5 Å². The molecule has 0 aliphatic rings. The molecule has 0 saturated heterocycles. The number of fused-ring (bicyclic) bond motifs is 1. The number of nitrogen functional groups attached to an aromatic ring is 1.